The number of Topliss-reactive ketones (excluding diaryl/α,β-unsaturated/α-hetero) is 1. The van der Waals surface area contributed by atoms with E-state index in [9.17, 15) is 14.4 Å². The van der Waals surface area contributed by atoms with Crippen molar-refractivity contribution in [2.24, 2.45) is 11.8 Å². The summed E-state index contributed by atoms with van der Waals surface area (Å²) in [4.78, 5) is 45.1. The van der Waals surface area contributed by atoms with Crippen molar-refractivity contribution in [2.45, 2.75) is 63.3 Å². The number of amides is 1. The van der Waals surface area contributed by atoms with E-state index >= 15 is 0 Å². The first-order chi connectivity index (χ1) is 20.3. The molecule has 5 heterocycles. The number of nitrogens with zero attached hydrogens (tertiary/aromatic N) is 1. The lowest BCUT2D eigenvalue weighted by Crippen LogP contribution is -2.41. The number of rotatable bonds is 5. The van der Waals surface area contributed by atoms with Crippen molar-refractivity contribution < 1.29 is 28.3 Å². The van der Waals surface area contributed by atoms with Crippen molar-refractivity contribution in [3.8, 4) is 5.75 Å². The van der Waals surface area contributed by atoms with Crippen molar-refractivity contribution in [1.29, 1.82) is 0 Å². The third-order valence-electron chi connectivity index (χ3n) is 9.11. The maximum absolute atomic E-state index is 13.9. The van der Waals surface area contributed by atoms with E-state index in [1.165, 1.54) is 7.11 Å². The highest BCUT2D eigenvalue weighted by atomic mass is 35.5. The second kappa shape index (κ2) is 11.0. The molecule has 1 fully saturated rings. The predicted octanol–water partition coefficient (Wildman–Crippen LogP) is 4.06. The summed E-state index contributed by atoms with van der Waals surface area (Å²) in [7, 11) is 1.31. The monoisotopic (exact) mass is 606 g/mol. The van der Waals surface area contributed by atoms with Crippen LogP contribution >= 0.6 is 12.4 Å². The average Bonchev–Trinajstić information content (AvgIpc) is 3.77. The van der Waals surface area contributed by atoms with Gasteiger partial charge in [-0.3, -0.25) is 9.59 Å². The van der Waals surface area contributed by atoms with E-state index < -0.39 is 29.6 Å². The first-order valence-corrected chi connectivity index (χ1v) is 14.6. The number of carbonyl (C=O) groups is 3. The van der Waals surface area contributed by atoms with Crippen LogP contribution in [0.25, 0.3) is 0 Å². The smallest absolute Gasteiger partial charge is 0.360 e. The van der Waals surface area contributed by atoms with E-state index in [1.54, 1.807) is 0 Å². The van der Waals surface area contributed by atoms with Crippen LogP contribution in [0, 0.1) is 11.8 Å². The fraction of sp³-hybridized carbons (Fsp3) is 0.438. The Kier molecular flexibility index (Phi) is 7.46. The van der Waals surface area contributed by atoms with E-state index in [1.807, 2.05) is 56.3 Å². The van der Waals surface area contributed by atoms with Gasteiger partial charge in [-0.15, -0.1) is 12.4 Å². The summed E-state index contributed by atoms with van der Waals surface area (Å²) in [5, 5.41) is 9.87. The Hall–Kier alpha value is -3.89. The summed E-state index contributed by atoms with van der Waals surface area (Å²) in [5.41, 5.74) is 2.44. The maximum atomic E-state index is 13.9. The Bertz CT molecular complexity index is 1600. The van der Waals surface area contributed by atoms with E-state index in [0.29, 0.717) is 17.9 Å². The number of aromatic nitrogens is 1. The number of carbonyl (C=O) groups excluding carboxylic acids is 3. The second-order valence-corrected chi connectivity index (χ2v) is 12.0. The van der Waals surface area contributed by atoms with Gasteiger partial charge < -0.3 is 29.8 Å². The zero-order chi connectivity index (χ0) is 29.2. The molecular formula is C32H35ClN4O6. The Morgan fingerprint density at radius 3 is 2.70 bits per heavy atom. The first kappa shape index (κ1) is 29.2. The van der Waals surface area contributed by atoms with Crippen LogP contribution in [0.3, 0.4) is 0 Å². The van der Waals surface area contributed by atoms with Gasteiger partial charge in [-0.2, -0.15) is 0 Å². The number of esters is 1. The van der Waals surface area contributed by atoms with Crippen molar-refractivity contribution in [3.05, 3.63) is 76.5 Å². The van der Waals surface area contributed by atoms with Crippen LogP contribution in [-0.2, 0) is 26.2 Å². The Morgan fingerprint density at radius 2 is 1.95 bits per heavy atom. The number of oxazole rings is 1. The number of hydrogen-bond donors (Lipinski definition) is 3. The zero-order valence-electron chi connectivity index (χ0n) is 24.3. The standard InChI is InChI=1S/C32H34N4O6.ClH/c1-16(2)25-29-36-26(30(39)40-3)27(42-29)32-19-7-4-5-8-21(19)34-31(32)41-24-11-10-17(14-20(24)32)13-18(28(38)35-25)15-23(37)22-9-6-12-33-22;/h4-5,7-8,10-11,14,16,18,22,25,31,33-34H,6,9,12-13,15H2,1-3H3,(H,35,38);1H/t18?,22-,25?,31-,32?;/m0./s1. The molecule has 5 atom stereocenters. The molecule has 4 aliphatic heterocycles. The highest BCUT2D eigenvalue weighted by Crippen LogP contribution is 2.58. The van der Waals surface area contributed by atoms with Gasteiger partial charge in [0.15, 0.2) is 23.5 Å². The predicted molar refractivity (Wildman–Crippen MR) is 159 cm³/mol. The lowest BCUT2D eigenvalue weighted by atomic mass is 9.72. The molecule has 226 valence electrons. The lowest BCUT2D eigenvalue weighted by Gasteiger charge is -2.28. The van der Waals surface area contributed by atoms with Gasteiger partial charge in [-0.25, -0.2) is 9.78 Å². The van der Waals surface area contributed by atoms with Gasteiger partial charge in [0.25, 0.3) is 0 Å². The number of para-hydroxylation sites is 1. The number of ketones is 1. The van der Waals surface area contributed by atoms with Crippen LogP contribution in [0.15, 0.2) is 46.9 Å². The Balaban J connectivity index is 0.00000329. The molecule has 1 amide bonds. The fourth-order valence-electron chi connectivity index (χ4n) is 7.00. The number of anilines is 1. The molecule has 2 aromatic carbocycles. The summed E-state index contributed by atoms with van der Waals surface area (Å²) in [6.07, 6.45) is 1.61. The largest absolute Gasteiger partial charge is 0.469 e. The number of methoxy groups -OCH3 is 1. The molecule has 43 heavy (non-hydrogen) atoms. The minimum absolute atomic E-state index is 0. The number of nitrogens with one attached hydrogen (secondary N) is 3. The SMILES string of the molecule is COC(=O)c1nc2oc1C13c4ccccc4N[C@H]1Oc1ccc(cc13)CC(CC(=O)[C@@H]1CCCN1)C(=O)NC2C(C)C.Cl. The molecule has 4 bridgehead atoms. The number of halogens is 1. The number of ether oxygens (including phenoxy) is 2. The molecule has 1 spiro atoms. The molecule has 7 rings (SSSR count). The number of hydrogen-bond acceptors (Lipinski definition) is 9. The van der Waals surface area contributed by atoms with Crippen LogP contribution in [0.4, 0.5) is 5.69 Å². The lowest BCUT2D eigenvalue weighted by molar-refractivity contribution is -0.131. The van der Waals surface area contributed by atoms with Crippen LogP contribution in [-0.4, -0.2) is 48.6 Å². The van der Waals surface area contributed by atoms with E-state index in [2.05, 4.69) is 20.9 Å². The van der Waals surface area contributed by atoms with E-state index in [0.717, 1.165) is 41.8 Å². The van der Waals surface area contributed by atoms with Gasteiger partial charge in [-0.05, 0) is 55.0 Å². The second-order valence-electron chi connectivity index (χ2n) is 12.0. The fourth-order valence-corrected chi connectivity index (χ4v) is 7.00. The highest BCUT2D eigenvalue weighted by Gasteiger charge is 2.61. The van der Waals surface area contributed by atoms with Crippen LogP contribution in [0.2, 0.25) is 0 Å². The molecule has 11 heteroatoms. The summed E-state index contributed by atoms with van der Waals surface area (Å²) in [5.74, 6) is -0.420. The first-order valence-electron chi connectivity index (χ1n) is 14.6. The van der Waals surface area contributed by atoms with Crippen molar-refractivity contribution >= 4 is 35.8 Å². The topological polar surface area (TPSA) is 132 Å². The van der Waals surface area contributed by atoms with Gasteiger partial charge >= 0.3 is 5.97 Å². The minimum Gasteiger partial charge on any atom is -0.469 e. The average molecular weight is 607 g/mol. The summed E-state index contributed by atoms with van der Waals surface area (Å²) >= 11 is 0. The molecule has 3 aromatic rings. The zero-order valence-corrected chi connectivity index (χ0v) is 25.1. The maximum Gasteiger partial charge on any atom is 0.360 e. The molecule has 1 aromatic heterocycles. The van der Waals surface area contributed by atoms with E-state index in [4.69, 9.17) is 13.9 Å². The van der Waals surface area contributed by atoms with Gasteiger partial charge in [0.1, 0.15) is 17.2 Å². The normalized spacial score (nSPS) is 26.6. The Labute approximate surface area is 255 Å². The summed E-state index contributed by atoms with van der Waals surface area (Å²) < 4.78 is 18.3. The molecule has 10 nitrogen and oxygen atoms in total. The van der Waals surface area contributed by atoms with Crippen LogP contribution < -0.4 is 20.7 Å². The van der Waals surface area contributed by atoms with Crippen molar-refractivity contribution in [3.63, 3.8) is 0 Å². The van der Waals surface area contributed by atoms with Gasteiger partial charge in [0, 0.05) is 23.6 Å². The van der Waals surface area contributed by atoms with Crippen LogP contribution in [0.1, 0.15) is 78.0 Å². The Morgan fingerprint density at radius 1 is 1.14 bits per heavy atom. The number of benzene rings is 2. The van der Waals surface area contributed by atoms with Crippen LogP contribution in [0.5, 0.6) is 5.75 Å². The number of fused-ring (bicyclic) bond motifs is 4. The molecule has 0 aliphatic carbocycles. The summed E-state index contributed by atoms with van der Waals surface area (Å²) in [6.45, 7) is 4.71. The van der Waals surface area contributed by atoms with Gasteiger partial charge in [0.05, 0.1) is 13.2 Å². The third kappa shape index (κ3) is 4.50. The molecule has 0 radical (unpaired) electrons. The van der Waals surface area contributed by atoms with Crippen molar-refractivity contribution in [1.82, 2.24) is 15.6 Å². The molecule has 3 unspecified atom stereocenters. The quantitative estimate of drug-likeness (QED) is 0.368. The van der Waals surface area contributed by atoms with E-state index in [-0.39, 0.29) is 54.1 Å². The molecular weight excluding hydrogens is 572 g/mol. The third-order valence-corrected chi connectivity index (χ3v) is 9.11. The minimum atomic E-state index is -1.04. The van der Waals surface area contributed by atoms with Gasteiger partial charge in [-0.1, -0.05) is 44.2 Å². The van der Waals surface area contributed by atoms with Crippen molar-refractivity contribution in [2.75, 3.05) is 19.0 Å². The molecule has 4 aliphatic rings. The molecule has 3 N–H and O–H groups in total. The summed E-state index contributed by atoms with van der Waals surface area (Å²) in [6, 6.07) is 12.8. The van der Waals surface area contributed by atoms with Gasteiger partial charge in [0.2, 0.25) is 11.8 Å². The highest BCUT2D eigenvalue weighted by molar-refractivity contribution is 5.91. The molecule has 1 saturated heterocycles. The molecule has 0 saturated carbocycles.